The Balaban J connectivity index is 2.37. The molecule has 0 fully saturated rings. The van der Waals surface area contributed by atoms with E-state index in [1.807, 2.05) is 7.05 Å². The highest BCUT2D eigenvalue weighted by atomic mass is 16.2. The molecular weight excluding hydrogens is 186 g/mol. The van der Waals surface area contributed by atoms with Crippen molar-refractivity contribution in [2.24, 2.45) is 0 Å². The summed E-state index contributed by atoms with van der Waals surface area (Å²) < 4.78 is 0. The van der Waals surface area contributed by atoms with Gasteiger partial charge in [0.1, 0.15) is 0 Å². The standard InChI is InChI=1S/C13H17NO/c1-9(2)10-4-5-11-8-14(3)13(15)7-12(11)6-10/h4-6,9H,7-8H2,1-3H3. The number of likely N-dealkylation sites (N-methyl/N-ethyl adjacent to an activating group) is 1. The van der Waals surface area contributed by atoms with Gasteiger partial charge >= 0.3 is 0 Å². The zero-order valence-electron chi connectivity index (χ0n) is 9.58. The highest BCUT2D eigenvalue weighted by molar-refractivity contribution is 5.80. The first-order valence-electron chi connectivity index (χ1n) is 5.43. The second-order valence-electron chi connectivity index (χ2n) is 4.61. The first-order chi connectivity index (χ1) is 7.08. The lowest BCUT2D eigenvalue weighted by Gasteiger charge is -2.25. The molecule has 0 N–H and O–H groups in total. The monoisotopic (exact) mass is 203 g/mol. The minimum atomic E-state index is 0.225. The van der Waals surface area contributed by atoms with Crippen molar-refractivity contribution in [3.63, 3.8) is 0 Å². The predicted molar refractivity (Wildman–Crippen MR) is 60.7 cm³/mol. The van der Waals surface area contributed by atoms with Gasteiger partial charge < -0.3 is 4.90 Å². The molecule has 1 heterocycles. The topological polar surface area (TPSA) is 20.3 Å². The first-order valence-corrected chi connectivity index (χ1v) is 5.43. The lowest BCUT2D eigenvalue weighted by atomic mass is 9.93. The number of carbonyl (C=O) groups excluding carboxylic acids is 1. The van der Waals surface area contributed by atoms with E-state index in [2.05, 4.69) is 32.0 Å². The quantitative estimate of drug-likeness (QED) is 0.686. The van der Waals surface area contributed by atoms with Crippen molar-refractivity contribution in [2.75, 3.05) is 7.05 Å². The average molecular weight is 203 g/mol. The average Bonchev–Trinajstić information content (AvgIpc) is 2.19. The molecule has 0 atom stereocenters. The van der Waals surface area contributed by atoms with Crippen LogP contribution in [0.25, 0.3) is 0 Å². The van der Waals surface area contributed by atoms with Crippen LogP contribution < -0.4 is 0 Å². The van der Waals surface area contributed by atoms with Gasteiger partial charge in [0.15, 0.2) is 0 Å². The van der Waals surface area contributed by atoms with E-state index in [9.17, 15) is 4.79 Å². The molecule has 2 heteroatoms. The molecule has 1 amide bonds. The first kappa shape index (κ1) is 10.2. The van der Waals surface area contributed by atoms with Crippen LogP contribution in [0.3, 0.4) is 0 Å². The van der Waals surface area contributed by atoms with Crippen LogP contribution >= 0.6 is 0 Å². The molecule has 0 aromatic heterocycles. The summed E-state index contributed by atoms with van der Waals surface area (Å²) in [6.07, 6.45) is 0.562. The summed E-state index contributed by atoms with van der Waals surface area (Å²) >= 11 is 0. The van der Waals surface area contributed by atoms with Crippen LogP contribution in [-0.2, 0) is 17.8 Å². The Labute approximate surface area is 90.9 Å². The Morgan fingerprint density at radius 1 is 1.27 bits per heavy atom. The Bertz CT molecular complexity index is 396. The van der Waals surface area contributed by atoms with Crippen LogP contribution in [-0.4, -0.2) is 17.9 Å². The van der Waals surface area contributed by atoms with Crippen molar-refractivity contribution < 1.29 is 4.79 Å². The lowest BCUT2D eigenvalue weighted by molar-refractivity contribution is -0.130. The van der Waals surface area contributed by atoms with Crippen LogP contribution in [0.4, 0.5) is 0 Å². The number of carbonyl (C=O) groups is 1. The van der Waals surface area contributed by atoms with E-state index in [1.54, 1.807) is 4.90 Å². The Morgan fingerprint density at radius 2 is 2.00 bits per heavy atom. The van der Waals surface area contributed by atoms with Crippen LogP contribution in [0.15, 0.2) is 18.2 Å². The maximum atomic E-state index is 11.6. The van der Waals surface area contributed by atoms with Gasteiger partial charge in [0.2, 0.25) is 5.91 Å². The summed E-state index contributed by atoms with van der Waals surface area (Å²) in [4.78, 5) is 13.4. The van der Waals surface area contributed by atoms with Crippen molar-refractivity contribution in [3.05, 3.63) is 34.9 Å². The molecular formula is C13H17NO. The molecule has 0 saturated carbocycles. The second-order valence-corrected chi connectivity index (χ2v) is 4.61. The van der Waals surface area contributed by atoms with Gasteiger partial charge in [-0.15, -0.1) is 0 Å². The van der Waals surface area contributed by atoms with E-state index < -0.39 is 0 Å². The number of benzene rings is 1. The minimum Gasteiger partial charge on any atom is -0.341 e. The third kappa shape index (κ3) is 1.89. The van der Waals surface area contributed by atoms with E-state index in [4.69, 9.17) is 0 Å². The molecule has 2 nitrogen and oxygen atoms in total. The zero-order chi connectivity index (χ0) is 11.0. The molecule has 15 heavy (non-hydrogen) atoms. The molecule has 0 bridgehead atoms. The van der Waals surface area contributed by atoms with Crippen LogP contribution in [0.2, 0.25) is 0 Å². The highest BCUT2D eigenvalue weighted by Gasteiger charge is 2.20. The van der Waals surface area contributed by atoms with Crippen molar-refractivity contribution in [1.82, 2.24) is 4.90 Å². The Morgan fingerprint density at radius 3 is 2.67 bits per heavy atom. The van der Waals surface area contributed by atoms with Crippen LogP contribution in [0, 0.1) is 0 Å². The van der Waals surface area contributed by atoms with E-state index in [-0.39, 0.29) is 5.91 Å². The van der Waals surface area contributed by atoms with Crippen molar-refractivity contribution in [3.8, 4) is 0 Å². The molecule has 1 aromatic rings. The van der Waals surface area contributed by atoms with Gasteiger partial charge in [-0.3, -0.25) is 4.79 Å². The fourth-order valence-corrected chi connectivity index (χ4v) is 1.97. The van der Waals surface area contributed by atoms with Crippen molar-refractivity contribution in [1.29, 1.82) is 0 Å². The SMILES string of the molecule is CC(C)c1ccc2c(c1)CC(=O)N(C)C2. The summed E-state index contributed by atoms with van der Waals surface area (Å²) in [6.45, 7) is 5.11. The number of hydrogen-bond donors (Lipinski definition) is 0. The minimum absolute atomic E-state index is 0.225. The van der Waals surface area contributed by atoms with E-state index >= 15 is 0 Å². The molecule has 0 aliphatic carbocycles. The summed E-state index contributed by atoms with van der Waals surface area (Å²) in [5.74, 6) is 0.758. The molecule has 0 unspecified atom stereocenters. The smallest absolute Gasteiger partial charge is 0.227 e. The third-order valence-electron chi connectivity index (χ3n) is 3.07. The van der Waals surface area contributed by atoms with E-state index in [0.717, 1.165) is 6.54 Å². The van der Waals surface area contributed by atoms with Gasteiger partial charge in [-0.05, 0) is 22.6 Å². The third-order valence-corrected chi connectivity index (χ3v) is 3.07. The molecule has 80 valence electrons. The van der Waals surface area contributed by atoms with Gasteiger partial charge in [-0.1, -0.05) is 32.0 Å². The van der Waals surface area contributed by atoms with E-state index in [0.29, 0.717) is 12.3 Å². The Hall–Kier alpha value is -1.31. The van der Waals surface area contributed by atoms with Gasteiger partial charge in [-0.2, -0.15) is 0 Å². The normalized spacial score (nSPS) is 15.7. The number of rotatable bonds is 1. The zero-order valence-corrected chi connectivity index (χ0v) is 9.58. The molecule has 2 rings (SSSR count). The maximum Gasteiger partial charge on any atom is 0.227 e. The van der Waals surface area contributed by atoms with Crippen molar-refractivity contribution in [2.45, 2.75) is 32.7 Å². The lowest BCUT2D eigenvalue weighted by Crippen LogP contribution is -2.32. The van der Waals surface area contributed by atoms with Gasteiger partial charge in [0, 0.05) is 13.6 Å². The predicted octanol–water partition coefficient (Wildman–Crippen LogP) is 2.32. The number of hydrogen-bond acceptors (Lipinski definition) is 1. The van der Waals surface area contributed by atoms with Crippen molar-refractivity contribution >= 4 is 5.91 Å². The largest absolute Gasteiger partial charge is 0.341 e. The van der Waals surface area contributed by atoms with Crippen LogP contribution in [0.1, 0.15) is 36.5 Å². The molecule has 1 aromatic carbocycles. The van der Waals surface area contributed by atoms with Gasteiger partial charge in [-0.25, -0.2) is 0 Å². The number of nitrogens with zero attached hydrogens (tertiary/aromatic N) is 1. The van der Waals surface area contributed by atoms with Crippen LogP contribution in [0.5, 0.6) is 0 Å². The summed E-state index contributed by atoms with van der Waals surface area (Å²) in [5, 5.41) is 0. The summed E-state index contributed by atoms with van der Waals surface area (Å²) in [6, 6.07) is 6.52. The highest BCUT2D eigenvalue weighted by Crippen LogP contribution is 2.23. The molecule has 1 aliphatic rings. The van der Waals surface area contributed by atoms with Gasteiger partial charge in [0.05, 0.1) is 6.42 Å². The Kier molecular flexibility index (Phi) is 2.51. The fraction of sp³-hybridized carbons (Fsp3) is 0.462. The fourth-order valence-electron chi connectivity index (χ4n) is 1.97. The summed E-state index contributed by atoms with van der Waals surface area (Å²) in [5.41, 5.74) is 3.83. The number of fused-ring (bicyclic) bond motifs is 1. The molecule has 0 saturated heterocycles. The van der Waals surface area contributed by atoms with Gasteiger partial charge in [0.25, 0.3) is 0 Å². The maximum absolute atomic E-state index is 11.6. The van der Waals surface area contributed by atoms with E-state index in [1.165, 1.54) is 16.7 Å². The summed E-state index contributed by atoms with van der Waals surface area (Å²) in [7, 11) is 1.86. The molecule has 0 spiro atoms. The number of amides is 1. The molecule has 1 aliphatic heterocycles. The molecule has 0 radical (unpaired) electrons. The second kappa shape index (κ2) is 3.69.